The van der Waals surface area contributed by atoms with E-state index in [0.29, 0.717) is 11.4 Å². The van der Waals surface area contributed by atoms with E-state index in [1.807, 2.05) is 42.6 Å². The summed E-state index contributed by atoms with van der Waals surface area (Å²) in [7, 11) is 0. The standard InChI is InChI=1S/C15H13BrN2O2S/c1-2-17-11-5-3-4-6-12(11)18(15(17)20)9-13(19)14-10(16)7-8-21-14/h3-8H,2,9H2,1H3. The van der Waals surface area contributed by atoms with Gasteiger partial charge in [0.15, 0.2) is 5.78 Å². The van der Waals surface area contributed by atoms with E-state index >= 15 is 0 Å². The number of aryl methyl sites for hydroxylation is 1. The van der Waals surface area contributed by atoms with Crippen molar-refractivity contribution in [2.24, 2.45) is 0 Å². The van der Waals surface area contributed by atoms with Crippen molar-refractivity contribution >= 4 is 44.1 Å². The molecule has 0 unspecified atom stereocenters. The summed E-state index contributed by atoms with van der Waals surface area (Å²) >= 11 is 4.75. The van der Waals surface area contributed by atoms with Crippen LogP contribution in [0.15, 0.2) is 45.0 Å². The molecular weight excluding hydrogens is 352 g/mol. The molecule has 0 atom stereocenters. The van der Waals surface area contributed by atoms with Gasteiger partial charge in [-0.25, -0.2) is 4.79 Å². The van der Waals surface area contributed by atoms with Crippen LogP contribution >= 0.6 is 27.3 Å². The van der Waals surface area contributed by atoms with Gasteiger partial charge < -0.3 is 0 Å². The van der Waals surface area contributed by atoms with Crippen LogP contribution in [0, 0.1) is 0 Å². The molecular formula is C15H13BrN2O2S. The molecule has 3 rings (SSSR count). The van der Waals surface area contributed by atoms with Gasteiger partial charge in [-0.05, 0) is 46.4 Å². The maximum atomic E-state index is 12.5. The van der Waals surface area contributed by atoms with Gasteiger partial charge in [0.1, 0.15) is 0 Å². The first kappa shape index (κ1) is 14.3. The van der Waals surface area contributed by atoms with E-state index in [4.69, 9.17) is 0 Å². The number of hydrogen-bond donors (Lipinski definition) is 0. The number of para-hydroxylation sites is 2. The molecule has 0 saturated heterocycles. The molecule has 0 bridgehead atoms. The van der Waals surface area contributed by atoms with Crippen LogP contribution in [0.25, 0.3) is 11.0 Å². The number of halogens is 1. The van der Waals surface area contributed by atoms with Crippen LogP contribution in [0.4, 0.5) is 0 Å². The van der Waals surface area contributed by atoms with E-state index in [2.05, 4.69) is 15.9 Å². The van der Waals surface area contributed by atoms with Crippen molar-refractivity contribution in [2.45, 2.75) is 20.0 Å². The Morgan fingerprint density at radius 1 is 1.19 bits per heavy atom. The van der Waals surface area contributed by atoms with Crippen LogP contribution in [0.2, 0.25) is 0 Å². The molecule has 0 amide bonds. The van der Waals surface area contributed by atoms with Gasteiger partial charge in [0.25, 0.3) is 0 Å². The minimum Gasteiger partial charge on any atom is -0.292 e. The zero-order valence-corrected chi connectivity index (χ0v) is 13.8. The number of imidazole rings is 1. The molecule has 0 aliphatic carbocycles. The smallest absolute Gasteiger partial charge is 0.292 e. The molecule has 4 nitrogen and oxygen atoms in total. The number of fused-ring (bicyclic) bond motifs is 1. The first-order chi connectivity index (χ1) is 10.1. The number of carbonyl (C=O) groups excluding carboxylic acids is 1. The zero-order chi connectivity index (χ0) is 15.0. The van der Waals surface area contributed by atoms with Crippen molar-refractivity contribution < 1.29 is 4.79 Å². The van der Waals surface area contributed by atoms with Gasteiger partial charge >= 0.3 is 5.69 Å². The van der Waals surface area contributed by atoms with E-state index in [0.717, 1.165) is 15.5 Å². The summed E-state index contributed by atoms with van der Waals surface area (Å²) in [5.41, 5.74) is 1.52. The number of rotatable bonds is 4. The Hall–Kier alpha value is -1.66. The molecule has 0 N–H and O–H groups in total. The number of hydrogen-bond acceptors (Lipinski definition) is 3. The number of nitrogens with zero attached hydrogens (tertiary/aromatic N) is 2. The number of ketones is 1. The predicted octanol–water partition coefficient (Wildman–Crippen LogP) is 3.53. The van der Waals surface area contributed by atoms with Gasteiger partial charge in [-0.15, -0.1) is 11.3 Å². The molecule has 2 aromatic heterocycles. The average molecular weight is 365 g/mol. The molecule has 1 aromatic carbocycles. The quantitative estimate of drug-likeness (QED) is 0.664. The Kier molecular flexibility index (Phi) is 3.82. The summed E-state index contributed by atoms with van der Waals surface area (Å²) in [6, 6.07) is 9.40. The first-order valence-corrected chi connectivity index (χ1v) is 8.25. The van der Waals surface area contributed by atoms with Gasteiger partial charge in [-0.2, -0.15) is 0 Å². The Balaban J connectivity index is 2.09. The predicted molar refractivity (Wildman–Crippen MR) is 88.2 cm³/mol. The third-order valence-electron chi connectivity index (χ3n) is 3.41. The van der Waals surface area contributed by atoms with Gasteiger partial charge in [-0.1, -0.05) is 12.1 Å². The van der Waals surface area contributed by atoms with Gasteiger partial charge in [-0.3, -0.25) is 13.9 Å². The second-order valence-electron chi connectivity index (χ2n) is 4.62. The van der Waals surface area contributed by atoms with E-state index in [-0.39, 0.29) is 18.0 Å². The normalized spacial score (nSPS) is 11.1. The molecule has 0 aliphatic heterocycles. The lowest BCUT2D eigenvalue weighted by atomic mass is 10.3. The van der Waals surface area contributed by atoms with Crippen LogP contribution in [0.1, 0.15) is 16.6 Å². The Morgan fingerprint density at radius 3 is 2.43 bits per heavy atom. The minimum absolute atomic E-state index is 0.0574. The fraction of sp³-hybridized carbons (Fsp3) is 0.200. The second-order valence-corrected chi connectivity index (χ2v) is 6.39. The zero-order valence-electron chi connectivity index (χ0n) is 11.4. The van der Waals surface area contributed by atoms with Crippen molar-refractivity contribution in [1.82, 2.24) is 9.13 Å². The highest BCUT2D eigenvalue weighted by atomic mass is 79.9. The van der Waals surface area contributed by atoms with Gasteiger partial charge in [0.05, 0.1) is 22.5 Å². The maximum absolute atomic E-state index is 12.5. The summed E-state index contributed by atoms with van der Waals surface area (Å²) in [6.45, 7) is 2.57. The van der Waals surface area contributed by atoms with Crippen molar-refractivity contribution in [1.29, 1.82) is 0 Å². The Morgan fingerprint density at radius 2 is 1.86 bits per heavy atom. The highest BCUT2D eigenvalue weighted by molar-refractivity contribution is 9.10. The monoisotopic (exact) mass is 364 g/mol. The summed E-state index contributed by atoms with van der Waals surface area (Å²) in [5.74, 6) is -0.0574. The summed E-state index contributed by atoms with van der Waals surface area (Å²) in [6.07, 6.45) is 0. The molecule has 0 saturated carbocycles. The number of Topliss-reactive ketones (excluding diaryl/α,β-unsaturated/α-hetero) is 1. The highest BCUT2D eigenvalue weighted by Crippen LogP contribution is 2.24. The average Bonchev–Trinajstić information content (AvgIpc) is 3.02. The van der Waals surface area contributed by atoms with E-state index in [1.165, 1.54) is 11.3 Å². The largest absolute Gasteiger partial charge is 0.329 e. The fourth-order valence-corrected chi connectivity index (χ4v) is 3.96. The summed E-state index contributed by atoms with van der Waals surface area (Å²) in [4.78, 5) is 25.5. The third-order valence-corrected chi connectivity index (χ3v) is 5.29. The van der Waals surface area contributed by atoms with Gasteiger partial charge in [0.2, 0.25) is 0 Å². The lowest BCUT2D eigenvalue weighted by molar-refractivity contribution is 0.0975. The molecule has 0 aliphatic rings. The van der Waals surface area contributed by atoms with E-state index in [1.54, 1.807) is 9.13 Å². The van der Waals surface area contributed by atoms with Crippen molar-refractivity contribution in [2.75, 3.05) is 0 Å². The highest BCUT2D eigenvalue weighted by Gasteiger charge is 2.17. The Bertz CT molecular complexity index is 875. The minimum atomic E-state index is -0.139. The molecule has 21 heavy (non-hydrogen) atoms. The lowest BCUT2D eigenvalue weighted by Gasteiger charge is -2.01. The van der Waals surface area contributed by atoms with Crippen LogP contribution in [-0.2, 0) is 13.1 Å². The van der Waals surface area contributed by atoms with Crippen LogP contribution in [0.5, 0.6) is 0 Å². The molecule has 108 valence electrons. The lowest BCUT2D eigenvalue weighted by Crippen LogP contribution is -2.26. The number of carbonyl (C=O) groups is 1. The number of aromatic nitrogens is 2. The first-order valence-electron chi connectivity index (χ1n) is 6.57. The van der Waals surface area contributed by atoms with Crippen molar-refractivity contribution in [3.8, 4) is 0 Å². The molecule has 0 radical (unpaired) electrons. The summed E-state index contributed by atoms with van der Waals surface area (Å²) < 4.78 is 4.02. The molecule has 6 heteroatoms. The Labute approximate surface area is 133 Å². The fourth-order valence-electron chi connectivity index (χ4n) is 2.44. The number of thiophene rings is 1. The van der Waals surface area contributed by atoms with Crippen LogP contribution in [0.3, 0.4) is 0 Å². The third kappa shape index (κ3) is 2.38. The maximum Gasteiger partial charge on any atom is 0.329 e. The second kappa shape index (κ2) is 5.61. The molecule has 3 aromatic rings. The molecule has 0 spiro atoms. The van der Waals surface area contributed by atoms with E-state index in [9.17, 15) is 9.59 Å². The molecule has 2 heterocycles. The molecule has 0 fully saturated rings. The van der Waals surface area contributed by atoms with Crippen LogP contribution < -0.4 is 5.69 Å². The van der Waals surface area contributed by atoms with Crippen molar-refractivity contribution in [3.63, 3.8) is 0 Å². The SMILES string of the molecule is CCn1c(=O)n(CC(=O)c2sccc2Br)c2ccccc21. The number of benzene rings is 1. The van der Waals surface area contributed by atoms with Gasteiger partial charge in [0, 0.05) is 11.0 Å². The van der Waals surface area contributed by atoms with Crippen molar-refractivity contribution in [3.05, 3.63) is 55.5 Å². The van der Waals surface area contributed by atoms with Crippen LogP contribution in [-0.4, -0.2) is 14.9 Å². The summed E-state index contributed by atoms with van der Waals surface area (Å²) in [5, 5.41) is 1.86. The topological polar surface area (TPSA) is 44.0 Å². The van der Waals surface area contributed by atoms with E-state index < -0.39 is 0 Å².